The molecule has 1 fully saturated rings. The van der Waals surface area contributed by atoms with E-state index in [9.17, 15) is 19.5 Å². The van der Waals surface area contributed by atoms with Crippen molar-refractivity contribution in [2.75, 3.05) is 19.9 Å². The lowest BCUT2D eigenvalue weighted by Gasteiger charge is -2.32. The molecule has 1 saturated heterocycles. The first-order valence-electron chi connectivity index (χ1n) is 16.6. The van der Waals surface area contributed by atoms with Crippen LogP contribution in [0.5, 0.6) is 11.5 Å². The van der Waals surface area contributed by atoms with E-state index in [1.807, 2.05) is 81.6 Å². The number of aromatic nitrogens is 1. The molecule has 1 aromatic heterocycles. The number of hydrogen-bond donors (Lipinski definition) is 2. The molecular weight excluding hydrogens is 644 g/mol. The van der Waals surface area contributed by atoms with Gasteiger partial charge < -0.3 is 29.5 Å². The second-order valence-electron chi connectivity index (χ2n) is 13.4. The Kier molecular flexibility index (Phi) is 12.5. The smallest absolute Gasteiger partial charge is 0.408 e. The van der Waals surface area contributed by atoms with Gasteiger partial charge in [0, 0.05) is 29.5 Å². The summed E-state index contributed by atoms with van der Waals surface area (Å²) in [6.45, 7) is 11.1. The Morgan fingerprint density at radius 3 is 2.43 bits per heavy atom. The van der Waals surface area contributed by atoms with E-state index in [-0.39, 0.29) is 18.4 Å². The highest BCUT2D eigenvalue weighted by Crippen LogP contribution is 2.35. The molecular formula is C37H48N4O7S. The van der Waals surface area contributed by atoms with Crippen LogP contribution in [-0.2, 0) is 14.3 Å². The highest BCUT2D eigenvalue weighted by molar-refractivity contribution is 8.13. The van der Waals surface area contributed by atoms with Gasteiger partial charge in [-0.1, -0.05) is 57.5 Å². The Morgan fingerprint density at radius 2 is 1.84 bits per heavy atom. The largest absolute Gasteiger partial charge is 0.497 e. The van der Waals surface area contributed by atoms with E-state index >= 15 is 0 Å². The summed E-state index contributed by atoms with van der Waals surface area (Å²) >= 11 is 1.32. The maximum absolute atomic E-state index is 14.4. The Labute approximate surface area is 292 Å². The number of thioether (sulfide) groups is 1. The number of pyridine rings is 1. The molecule has 49 heavy (non-hydrogen) atoms. The lowest BCUT2D eigenvalue weighted by Crippen LogP contribution is -2.54. The molecule has 12 heteroatoms. The third-order valence-corrected chi connectivity index (χ3v) is 8.91. The van der Waals surface area contributed by atoms with E-state index in [4.69, 9.17) is 19.2 Å². The van der Waals surface area contributed by atoms with Gasteiger partial charge in [-0.2, -0.15) is 0 Å². The maximum atomic E-state index is 14.4. The summed E-state index contributed by atoms with van der Waals surface area (Å²) in [5.41, 5.74) is 1.58. The van der Waals surface area contributed by atoms with Crippen LogP contribution in [0, 0.1) is 5.92 Å². The minimum absolute atomic E-state index is 0.189. The topological polar surface area (TPSA) is 140 Å². The Bertz CT molecular complexity index is 1660. The highest BCUT2D eigenvalue weighted by atomic mass is 32.2. The van der Waals surface area contributed by atoms with Crippen LogP contribution in [0.25, 0.3) is 22.2 Å². The molecule has 2 amide bonds. The quantitative estimate of drug-likeness (QED) is 0.155. The number of alkyl carbamates (subject to hydrolysis) is 1. The second kappa shape index (κ2) is 16.4. The van der Waals surface area contributed by atoms with Crippen LogP contribution < -0.4 is 14.8 Å². The van der Waals surface area contributed by atoms with E-state index in [2.05, 4.69) is 10.3 Å². The number of likely N-dealkylation sites (tertiary alicyclic amines) is 1. The maximum Gasteiger partial charge on any atom is 0.408 e. The van der Waals surface area contributed by atoms with E-state index in [1.165, 1.54) is 11.8 Å². The van der Waals surface area contributed by atoms with Crippen molar-refractivity contribution in [3.8, 4) is 22.8 Å². The number of benzene rings is 2. The summed E-state index contributed by atoms with van der Waals surface area (Å²) in [5.74, 6) is -0.359. The molecule has 0 aliphatic carbocycles. The molecule has 0 spiro atoms. The van der Waals surface area contributed by atoms with Gasteiger partial charge in [-0.3, -0.25) is 9.79 Å². The molecule has 0 radical (unpaired) electrons. The van der Waals surface area contributed by atoms with Crippen LogP contribution in [0.3, 0.4) is 0 Å². The normalized spacial score (nSPS) is 17.9. The summed E-state index contributed by atoms with van der Waals surface area (Å²) in [5, 5.41) is 14.0. The molecule has 0 bridgehead atoms. The molecule has 4 atom stereocenters. The second-order valence-corrected chi connectivity index (χ2v) is 14.2. The van der Waals surface area contributed by atoms with Crippen LogP contribution in [0.1, 0.15) is 60.8 Å². The molecule has 11 nitrogen and oxygen atoms in total. The van der Waals surface area contributed by atoms with Gasteiger partial charge in [-0.15, -0.1) is 11.8 Å². The Balaban J connectivity index is 1.75. The summed E-state index contributed by atoms with van der Waals surface area (Å²) in [7, 11) is 1.60. The number of rotatable bonds is 12. The van der Waals surface area contributed by atoms with Crippen molar-refractivity contribution in [1.82, 2.24) is 15.2 Å². The van der Waals surface area contributed by atoms with Crippen LogP contribution in [0.2, 0.25) is 0 Å². The number of hydrogen-bond acceptors (Lipinski definition) is 9. The molecule has 1 aliphatic heterocycles. The molecule has 2 N–H and O–H groups in total. The zero-order chi connectivity index (χ0) is 35.9. The molecule has 2 aromatic carbocycles. The zero-order valence-electron chi connectivity index (χ0n) is 29.6. The minimum Gasteiger partial charge on any atom is -0.497 e. The summed E-state index contributed by atoms with van der Waals surface area (Å²) in [6.07, 6.45) is 2.02. The first-order chi connectivity index (χ1) is 23.2. The fourth-order valence-electron chi connectivity index (χ4n) is 5.77. The van der Waals surface area contributed by atoms with Gasteiger partial charge in [0.25, 0.3) is 0 Å². The fraction of sp³-hybridized carbons (Fsp3) is 0.486. The number of nitrogens with one attached hydrogen (secondary N) is 1. The number of carboxylic acids is 1. The number of carbonyl (C=O) groups is 3. The van der Waals surface area contributed by atoms with Gasteiger partial charge in [0.05, 0.1) is 36.0 Å². The van der Waals surface area contributed by atoms with Crippen LogP contribution >= 0.6 is 11.8 Å². The standard InChI is InChI=1S/C37H48N4O7S/c1-9-13-27(35(43)44)39-33(49-8)30-19-25(21-41(30)34(42)32(22(2)3)40-36(45)48-37(4,5)6)47-31-20-28(23-14-11-10-12-15-23)38-29-18-24(46-7)16-17-26(29)31/h10-12,14-18,20,22,25,27,30,32H,9,13,19,21H2,1-8H3,(H,40,45)(H,43,44)/t25-,27+,30+,32+/m1/s1. The molecule has 1 aliphatic rings. The SMILES string of the molecule is CCC[C@H](N=C(SC)[C@@H]1C[C@@H](Oc2cc(-c3ccccc3)nc3cc(OC)ccc23)CN1C(=O)[C@@H](NC(=O)OC(C)(C)C)C(C)C)C(=O)O. The number of methoxy groups -OCH3 is 1. The first kappa shape index (κ1) is 37.5. The van der Waals surface area contributed by atoms with E-state index in [1.54, 1.807) is 32.8 Å². The predicted molar refractivity (Wildman–Crippen MR) is 194 cm³/mol. The van der Waals surface area contributed by atoms with Crippen molar-refractivity contribution in [3.05, 3.63) is 54.6 Å². The monoisotopic (exact) mass is 692 g/mol. The molecule has 0 saturated carbocycles. The van der Waals surface area contributed by atoms with Crippen molar-refractivity contribution in [1.29, 1.82) is 0 Å². The summed E-state index contributed by atoms with van der Waals surface area (Å²) in [6, 6.07) is 14.9. The van der Waals surface area contributed by atoms with Crippen molar-refractivity contribution in [3.63, 3.8) is 0 Å². The number of carboxylic acid groups (broad SMARTS) is 1. The summed E-state index contributed by atoms with van der Waals surface area (Å²) in [4.78, 5) is 50.6. The highest BCUT2D eigenvalue weighted by Gasteiger charge is 2.43. The van der Waals surface area contributed by atoms with E-state index < -0.39 is 41.9 Å². The molecule has 0 unspecified atom stereocenters. The van der Waals surface area contributed by atoms with Gasteiger partial charge >= 0.3 is 12.1 Å². The average molecular weight is 693 g/mol. The third-order valence-electron chi connectivity index (χ3n) is 8.12. The Hall–Kier alpha value is -4.32. The third kappa shape index (κ3) is 9.65. The van der Waals surface area contributed by atoms with Crippen molar-refractivity contribution < 1.29 is 33.7 Å². The lowest BCUT2D eigenvalue weighted by molar-refractivity contribution is -0.138. The number of amides is 2. The van der Waals surface area contributed by atoms with E-state index in [0.29, 0.717) is 41.3 Å². The fourth-order valence-corrected chi connectivity index (χ4v) is 6.50. The Morgan fingerprint density at radius 1 is 1.12 bits per heavy atom. The molecule has 2 heterocycles. The van der Waals surface area contributed by atoms with Gasteiger partial charge in [0.2, 0.25) is 5.91 Å². The van der Waals surface area contributed by atoms with Gasteiger partial charge in [-0.05, 0) is 51.5 Å². The number of aliphatic carboxylic acids is 1. The molecule has 3 aromatic rings. The zero-order valence-corrected chi connectivity index (χ0v) is 30.4. The predicted octanol–water partition coefficient (Wildman–Crippen LogP) is 6.82. The van der Waals surface area contributed by atoms with Crippen LogP contribution in [0.15, 0.2) is 59.6 Å². The first-order valence-corrected chi connectivity index (χ1v) is 17.8. The van der Waals surface area contributed by atoms with Gasteiger partial charge in [-0.25, -0.2) is 14.6 Å². The van der Waals surface area contributed by atoms with Gasteiger partial charge in [0.15, 0.2) is 0 Å². The van der Waals surface area contributed by atoms with Crippen LogP contribution in [0.4, 0.5) is 4.79 Å². The lowest BCUT2D eigenvalue weighted by atomic mass is 10.0. The van der Waals surface area contributed by atoms with E-state index in [0.717, 1.165) is 16.6 Å². The minimum atomic E-state index is -1.02. The number of aliphatic imine (C=N–C) groups is 1. The molecule has 4 rings (SSSR count). The number of nitrogens with zero attached hydrogens (tertiary/aromatic N) is 3. The number of ether oxygens (including phenoxy) is 3. The number of carbonyl (C=O) groups excluding carboxylic acids is 2. The summed E-state index contributed by atoms with van der Waals surface area (Å²) < 4.78 is 17.7. The van der Waals surface area contributed by atoms with Gasteiger partial charge in [0.1, 0.15) is 35.3 Å². The van der Waals surface area contributed by atoms with Crippen molar-refractivity contribution >= 4 is 45.7 Å². The number of fused-ring (bicyclic) bond motifs is 1. The average Bonchev–Trinajstić information content (AvgIpc) is 3.47. The van der Waals surface area contributed by atoms with Crippen molar-refractivity contribution in [2.45, 2.75) is 90.6 Å². The van der Waals surface area contributed by atoms with Crippen molar-refractivity contribution in [2.24, 2.45) is 10.9 Å². The molecule has 264 valence electrons. The van der Waals surface area contributed by atoms with Crippen LogP contribution in [-0.4, -0.2) is 87.7 Å².